The van der Waals surface area contributed by atoms with Gasteiger partial charge in [0, 0.05) is 19.4 Å². The van der Waals surface area contributed by atoms with Crippen molar-refractivity contribution >= 4 is 5.78 Å². The molecule has 0 aromatic rings. The van der Waals surface area contributed by atoms with Crippen LogP contribution in [0.2, 0.25) is 0 Å². The number of Topliss-reactive ketones (excluding diaryl/α,β-unsaturated/α-hetero) is 1. The summed E-state index contributed by atoms with van der Waals surface area (Å²) in [6, 6.07) is 0. The number of nitrogens with zero attached hydrogens (tertiary/aromatic N) is 1. The predicted molar refractivity (Wildman–Crippen MR) is 59.3 cm³/mol. The zero-order valence-corrected chi connectivity index (χ0v) is 9.97. The molecule has 1 unspecified atom stereocenters. The van der Waals surface area contributed by atoms with Gasteiger partial charge in [-0.15, -0.1) is 0 Å². The summed E-state index contributed by atoms with van der Waals surface area (Å²) in [6.07, 6.45) is 2.72. The Morgan fingerprint density at radius 2 is 2.07 bits per heavy atom. The molecule has 14 heavy (non-hydrogen) atoms. The Morgan fingerprint density at radius 1 is 1.43 bits per heavy atom. The largest absolute Gasteiger partial charge is 0.306 e. The number of likely N-dealkylation sites (tertiary alicyclic amines) is 1. The fourth-order valence-electron chi connectivity index (χ4n) is 2.18. The van der Waals surface area contributed by atoms with E-state index in [1.54, 1.807) is 0 Å². The van der Waals surface area contributed by atoms with Crippen LogP contribution in [0.4, 0.5) is 0 Å². The third kappa shape index (κ3) is 4.23. The average Bonchev–Trinajstić information content (AvgIpc) is 2.30. The molecule has 2 nitrogen and oxygen atoms in total. The molecule has 1 rings (SSSR count). The van der Waals surface area contributed by atoms with Gasteiger partial charge in [-0.2, -0.15) is 0 Å². The molecule has 0 aromatic carbocycles. The van der Waals surface area contributed by atoms with Crippen molar-refractivity contribution in [1.29, 1.82) is 0 Å². The van der Waals surface area contributed by atoms with Gasteiger partial charge in [0.1, 0.15) is 5.78 Å². The van der Waals surface area contributed by atoms with Crippen LogP contribution < -0.4 is 0 Å². The van der Waals surface area contributed by atoms with Crippen molar-refractivity contribution in [3.8, 4) is 0 Å². The molecule has 0 aromatic heterocycles. The lowest BCUT2D eigenvalue weighted by molar-refractivity contribution is -0.121. The predicted octanol–water partition coefficient (Wildman–Crippen LogP) is 2.33. The lowest BCUT2D eigenvalue weighted by Gasteiger charge is -2.18. The summed E-state index contributed by atoms with van der Waals surface area (Å²) in [5, 5.41) is 0. The molecule has 82 valence electrons. The zero-order chi connectivity index (χ0) is 10.8. The molecule has 0 bridgehead atoms. The summed E-state index contributed by atoms with van der Waals surface area (Å²) in [5.74, 6) is 1.06. The molecule has 1 saturated heterocycles. The highest BCUT2D eigenvalue weighted by Gasteiger charge is 2.24. The van der Waals surface area contributed by atoms with E-state index in [0.29, 0.717) is 11.7 Å². The summed E-state index contributed by atoms with van der Waals surface area (Å²) in [5.41, 5.74) is 0.154. The van der Waals surface area contributed by atoms with Gasteiger partial charge in [-0.25, -0.2) is 0 Å². The van der Waals surface area contributed by atoms with Crippen LogP contribution in [-0.4, -0.2) is 30.8 Å². The number of hydrogen-bond donors (Lipinski definition) is 0. The summed E-state index contributed by atoms with van der Waals surface area (Å²) < 4.78 is 0. The van der Waals surface area contributed by atoms with Crippen LogP contribution in [0.3, 0.4) is 0 Å². The van der Waals surface area contributed by atoms with Crippen molar-refractivity contribution in [1.82, 2.24) is 4.90 Å². The van der Waals surface area contributed by atoms with E-state index in [2.05, 4.69) is 32.7 Å². The van der Waals surface area contributed by atoms with Crippen LogP contribution in [0.15, 0.2) is 0 Å². The van der Waals surface area contributed by atoms with E-state index in [9.17, 15) is 4.79 Å². The first-order valence-corrected chi connectivity index (χ1v) is 5.57. The minimum Gasteiger partial charge on any atom is -0.306 e. The monoisotopic (exact) mass is 197 g/mol. The normalized spacial score (nSPS) is 24.1. The molecular weight excluding hydrogens is 174 g/mol. The number of carbonyl (C=O) groups is 1. The molecule has 2 heteroatoms. The number of rotatable bonds is 3. The Morgan fingerprint density at radius 3 is 2.50 bits per heavy atom. The second-order valence-corrected chi connectivity index (χ2v) is 5.90. The molecule has 1 aliphatic rings. The maximum atomic E-state index is 11.7. The van der Waals surface area contributed by atoms with Crippen molar-refractivity contribution in [2.75, 3.05) is 20.1 Å². The minimum absolute atomic E-state index is 0.154. The Balaban J connectivity index is 2.27. The fraction of sp³-hybridized carbons (Fsp3) is 0.917. The zero-order valence-electron chi connectivity index (χ0n) is 9.97. The van der Waals surface area contributed by atoms with E-state index in [4.69, 9.17) is 0 Å². The molecule has 0 saturated carbocycles. The van der Waals surface area contributed by atoms with Gasteiger partial charge in [0.2, 0.25) is 0 Å². The molecule has 0 aliphatic carbocycles. The van der Waals surface area contributed by atoms with Crippen LogP contribution in [0, 0.1) is 11.3 Å². The van der Waals surface area contributed by atoms with E-state index in [1.807, 2.05) is 0 Å². The van der Waals surface area contributed by atoms with Crippen molar-refractivity contribution in [3.05, 3.63) is 0 Å². The Bertz CT molecular complexity index is 205. The van der Waals surface area contributed by atoms with Gasteiger partial charge in [-0.1, -0.05) is 20.8 Å². The average molecular weight is 197 g/mol. The van der Waals surface area contributed by atoms with Crippen molar-refractivity contribution in [2.24, 2.45) is 11.3 Å². The second kappa shape index (κ2) is 4.43. The van der Waals surface area contributed by atoms with Gasteiger partial charge in [0.15, 0.2) is 0 Å². The highest BCUT2D eigenvalue weighted by molar-refractivity contribution is 5.79. The molecule has 1 fully saturated rings. The van der Waals surface area contributed by atoms with Gasteiger partial charge in [-0.3, -0.25) is 4.79 Å². The lowest BCUT2D eigenvalue weighted by atomic mass is 9.87. The van der Waals surface area contributed by atoms with Crippen LogP contribution in [0.5, 0.6) is 0 Å². The van der Waals surface area contributed by atoms with Crippen LogP contribution in [0.1, 0.15) is 40.0 Å². The Kier molecular flexibility index (Phi) is 3.71. The topological polar surface area (TPSA) is 20.3 Å². The third-order valence-corrected chi connectivity index (χ3v) is 2.73. The number of ketones is 1. The summed E-state index contributed by atoms with van der Waals surface area (Å²) in [4.78, 5) is 14.0. The van der Waals surface area contributed by atoms with E-state index >= 15 is 0 Å². The SMILES string of the molecule is CN1CCC(CC(=O)CC(C)(C)C)C1. The van der Waals surface area contributed by atoms with Crippen molar-refractivity contribution in [2.45, 2.75) is 40.0 Å². The van der Waals surface area contributed by atoms with Crippen LogP contribution >= 0.6 is 0 Å². The first-order chi connectivity index (χ1) is 6.37. The maximum absolute atomic E-state index is 11.7. The van der Waals surface area contributed by atoms with Gasteiger partial charge >= 0.3 is 0 Å². The Hall–Kier alpha value is -0.370. The van der Waals surface area contributed by atoms with E-state index in [-0.39, 0.29) is 5.41 Å². The van der Waals surface area contributed by atoms with Crippen LogP contribution in [-0.2, 0) is 4.79 Å². The fourth-order valence-corrected chi connectivity index (χ4v) is 2.18. The second-order valence-electron chi connectivity index (χ2n) is 5.90. The van der Waals surface area contributed by atoms with Gasteiger partial charge in [0.25, 0.3) is 0 Å². The quantitative estimate of drug-likeness (QED) is 0.692. The smallest absolute Gasteiger partial charge is 0.133 e. The lowest BCUT2D eigenvalue weighted by Crippen LogP contribution is -2.18. The van der Waals surface area contributed by atoms with Gasteiger partial charge < -0.3 is 4.90 Å². The summed E-state index contributed by atoms with van der Waals surface area (Å²) >= 11 is 0. The molecule has 1 aliphatic heterocycles. The third-order valence-electron chi connectivity index (χ3n) is 2.73. The maximum Gasteiger partial charge on any atom is 0.133 e. The van der Waals surface area contributed by atoms with Gasteiger partial charge in [-0.05, 0) is 31.3 Å². The first kappa shape index (κ1) is 11.7. The highest BCUT2D eigenvalue weighted by atomic mass is 16.1. The number of hydrogen-bond acceptors (Lipinski definition) is 2. The van der Waals surface area contributed by atoms with Crippen LogP contribution in [0.25, 0.3) is 0 Å². The standard InChI is InChI=1S/C12H23NO/c1-12(2,3)8-11(14)7-10-5-6-13(4)9-10/h10H,5-9H2,1-4H3. The molecular formula is C12H23NO. The first-order valence-electron chi connectivity index (χ1n) is 5.57. The molecule has 0 spiro atoms. The Labute approximate surface area is 87.7 Å². The van der Waals surface area contributed by atoms with Gasteiger partial charge in [0.05, 0.1) is 0 Å². The minimum atomic E-state index is 0.154. The summed E-state index contributed by atoms with van der Waals surface area (Å²) in [6.45, 7) is 8.66. The number of carbonyl (C=O) groups excluding carboxylic acids is 1. The van der Waals surface area contributed by atoms with E-state index in [0.717, 1.165) is 25.9 Å². The molecule has 1 heterocycles. The summed E-state index contributed by atoms with van der Waals surface area (Å²) in [7, 11) is 2.13. The van der Waals surface area contributed by atoms with Crippen molar-refractivity contribution < 1.29 is 4.79 Å². The molecule has 0 N–H and O–H groups in total. The highest BCUT2D eigenvalue weighted by Crippen LogP contribution is 2.24. The molecule has 1 atom stereocenters. The van der Waals surface area contributed by atoms with E-state index < -0.39 is 0 Å². The molecule has 0 amide bonds. The molecule has 0 radical (unpaired) electrons. The van der Waals surface area contributed by atoms with Crippen molar-refractivity contribution in [3.63, 3.8) is 0 Å². The van der Waals surface area contributed by atoms with E-state index in [1.165, 1.54) is 6.42 Å².